The lowest BCUT2D eigenvalue weighted by Gasteiger charge is -2.61. The molecule has 0 aromatic heterocycles. The quantitative estimate of drug-likeness (QED) is 0.295. The number of carbonyl (C=O) groups excluding carboxylic acids is 1. The van der Waals surface area contributed by atoms with Crippen molar-refractivity contribution in [1.82, 2.24) is 0 Å². The van der Waals surface area contributed by atoms with Gasteiger partial charge >= 0.3 is 0 Å². The molecule has 7 N–H and O–H groups in total. The van der Waals surface area contributed by atoms with Crippen LogP contribution in [0.1, 0.15) is 79.6 Å². The molecule has 0 aliphatic heterocycles. The van der Waals surface area contributed by atoms with E-state index in [1.165, 1.54) is 6.08 Å². The fourth-order valence-electron chi connectivity index (χ4n) is 8.35. The summed E-state index contributed by atoms with van der Waals surface area (Å²) in [6, 6.07) is 0. The molecule has 8 nitrogen and oxygen atoms in total. The predicted molar refractivity (Wildman–Crippen MR) is 128 cm³/mol. The number of hydrogen-bond donors (Lipinski definition) is 7. The minimum absolute atomic E-state index is 0.0638. The molecular formula is C27H44O8. The van der Waals surface area contributed by atoms with Crippen LogP contribution in [0.15, 0.2) is 11.6 Å². The van der Waals surface area contributed by atoms with E-state index >= 15 is 0 Å². The molecule has 0 spiro atoms. The molecule has 35 heavy (non-hydrogen) atoms. The maximum Gasteiger partial charge on any atom is 0.159 e. The van der Waals surface area contributed by atoms with Crippen LogP contribution >= 0.6 is 0 Å². The van der Waals surface area contributed by atoms with Crippen LogP contribution in [0, 0.1) is 28.6 Å². The first-order valence-electron chi connectivity index (χ1n) is 13.1. The van der Waals surface area contributed by atoms with Crippen molar-refractivity contribution in [3.05, 3.63) is 11.6 Å². The first-order chi connectivity index (χ1) is 15.9. The van der Waals surface area contributed by atoms with E-state index in [0.717, 1.165) is 0 Å². The largest absolute Gasteiger partial charge is 0.390 e. The van der Waals surface area contributed by atoms with Crippen LogP contribution in [0.25, 0.3) is 0 Å². The smallest absolute Gasteiger partial charge is 0.159 e. The lowest BCUT2D eigenvalue weighted by molar-refractivity contribution is -0.205. The molecule has 3 saturated carbocycles. The number of allylic oxidation sites excluding steroid dienone is 1. The minimum atomic E-state index is -1.52. The van der Waals surface area contributed by atoms with Crippen LogP contribution in [-0.4, -0.2) is 82.7 Å². The van der Waals surface area contributed by atoms with Crippen molar-refractivity contribution in [1.29, 1.82) is 0 Å². The van der Waals surface area contributed by atoms with Crippen LogP contribution in [0.4, 0.5) is 0 Å². The highest BCUT2D eigenvalue weighted by Gasteiger charge is 2.70. The molecule has 0 radical (unpaired) electrons. The summed E-state index contributed by atoms with van der Waals surface area (Å²) in [7, 11) is 0. The van der Waals surface area contributed by atoms with Crippen molar-refractivity contribution in [3.8, 4) is 0 Å². The molecule has 4 aliphatic rings. The second-order valence-corrected chi connectivity index (χ2v) is 13.2. The number of aliphatic hydroxyl groups is 7. The van der Waals surface area contributed by atoms with Gasteiger partial charge in [0.25, 0.3) is 0 Å². The lowest BCUT2D eigenvalue weighted by atomic mass is 9.45. The zero-order chi connectivity index (χ0) is 26.4. The molecule has 3 fully saturated rings. The van der Waals surface area contributed by atoms with E-state index in [1.54, 1.807) is 27.7 Å². The second kappa shape index (κ2) is 8.32. The highest BCUT2D eigenvalue weighted by atomic mass is 16.4. The molecule has 0 amide bonds. The van der Waals surface area contributed by atoms with Crippen molar-refractivity contribution >= 4 is 5.78 Å². The van der Waals surface area contributed by atoms with Crippen LogP contribution < -0.4 is 0 Å². The number of carbonyl (C=O) groups is 1. The van der Waals surface area contributed by atoms with Gasteiger partial charge in [-0.2, -0.15) is 0 Å². The van der Waals surface area contributed by atoms with Gasteiger partial charge in [0.15, 0.2) is 5.78 Å². The van der Waals surface area contributed by atoms with Crippen molar-refractivity contribution in [2.75, 3.05) is 0 Å². The van der Waals surface area contributed by atoms with Crippen molar-refractivity contribution < 1.29 is 40.5 Å². The molecule has 4 rings (SSSR count). The summed E-state index contributed by atoms with van der Waals surface area (Å²) >= 11 is 0. The Kier molecular flexibility index (Phi) is 6.46. The maximum atomic E-state index is 13.3. The fraction of sp³-hybridized carbons (Fsp3) is 0.889. The van der Waals surface area contributed by atoms with Crippen LogP contribution in [0.2, 0.25) is 0 Å². The van der Waals surface area contributed by atoms with Crippen molar-refractivity contribution in [2.45, 2.75) is 121 Å². The van der Waals surface area contributed by atoms with E-state index < -0.39 is 63.9 Å². The average Bonchev–Trinajstić information content (AvgIpc) is 3.04. The predicted octanol–water partition coefficient (Wildman–Crippen LogP) is 0.825. The fourth-order valence-corrected chi connectivity index (χ4v) is 8.35. The molecule has 0 bridgehead atoms. The van der Waals surface area contributed by atoms with E-state index in [9.17, 15) is 40.5 Å². The number of rotatable bonds is 5. The Labute approximate surface area is 207 Å². The molecule has 0 saturated heterocycles. The lowest BCUT2D eigenvalue weighted by Crippen LogP contribution is -2.66. The van der Waals surface area contributed by atoms with Crippen molar-refractivity contribution in [2.24, 2.45) is 28.6 Å². The summed E-state index contributed by atoms with van der Waals surface area (Å²) in [6.45, 7) is 8.59. The number of aliphatic hydroxyl groups excluding tert-OH is 4. The third-order valence-corrected chi connectivity index (χ3v) is 10.7. The number of fused-ring (bicyclic) bond motifs is 5. The van der Waals surface area contributed by atoms with Gasteiger partial charge in [0.1, 0.15) is 6.10 Å². The molecule has 4 aliphatic carbocycles. The Morgan fingerprint density at radius 3 is 2.29 bits per heavy atom. The zero-order valence-corrected chi connectivity index (χ0v) is 21.6. The third kappa shape index (κ3) is 3.78. The highest BCUT2D eigenvalue weighted by Crippen LogP contribution is 2.68. The molecule has 11 atom stereocenters. The molecule has 0 aromatic carbocycles. The topological polar surface area (TPSA) is 159 Å². The van der Waals surface area contributed by atoms with Crippen LogP contribution in [-0.2, 0) is 4.79 Å². The van der Waals surface area contributed by atoms with Gasteiger partial charge in [0.2, 0.25) is 0 Å². The molecule has 0 aromatic rings. The monoisotopic (exact) mass is 496 g/mol. The molecular weight excluding hydrogens is 452 g/mol. The van der Waals surface area contributed by atoms with Gasteiger partial charge in [0, 0.05) is 16.7 Å². The molecule has 0 unspecified atom stereocenters. The van der Waals surface area contributed by atoms with E-state index in [-0.39, 0.29) is 24.5 Å². The van der Waals surface area contributed by atoms with Gasteiger partial charge in [-0.15, -0.1) is 0 Å². The Morgan fingerprint density at radius 2 is 1.69 bits per heavy atom. The summed E-state index contributed by atoms with van der Waals surface area (Å²) in [6.07, 6.45) is -1.09. The maximum absolute atomic E-state index is 13.3. The van der Waals surface area contributed by atoms with Crippen LogP contribution in [0.5, 0.6) is 0 Å². The summed E-state index contributed by atoms with van der Waals surface area (Å²) in [5, 5.41) is 76.6. The third-order valence-electron chi connectivity index (χ3n) is 10.7. The van der Waals surface area contributed by atoms with E-state index in [2.05, 4.69) is 0 Å². The van der Waals surface area contributed by atoms with E-state index in [0.29, 0.717) is 37.7 Å². The van der Waals surface area contributed by atoms with Crippen LogP contribution in [0.3, 0.4) is 0 Å². The molecule has 8 heteroatoms. The summed E-state index contributed by atoms with van der Waals surface area (Å²) < 4.78 is 0. The Hall–Kier alpha value is -0.870. The molecule has 200 valence electrons. The number of hydrogen-bond acceptors (Lipinski definition) is 8. The summed E-state index contributed by atoms with van der Waals surface area (Å²) in [4.78, 5) is 13.3. The zero-order valence-electron chi connectivity index (χ0n) is 21.6. The van der Waals surface area contributed by atoms with Gasteiger partial charge in [-0.05, 0) is 89.2 Å². The number of ketones is 1. The van der Waals surface area contributed by atoms with E-state index in [1.807, 2.05) is 6.92 Å². The van der Waals surface area contributed by atoms with E-state index in [4.69, 9.17) is 0 Å². The van der Waals surface area contributed by atoms with Gasteiger partial charge in [-0.25, -0.2) is 0 Å². The van der Waals surface area contributed by atoms with Gasteiger partial charge in [0.05, 0.1) is 35.1 Å². The first-order valence-corrected chi connectivity index (χ1v) is 13.1. The SMILES string of the molecule is CC(C)(O)CC[C@@H](O)[C@](C)(O)[C@H]1CC[C@@]2(O)C3=CC(=O)[C@H]4C[C@H](O)[C@H](O)[C@@H](O)[C@]4(C)[C@H]3CC[C@]12C. The van der Waals surface area contributed by atoms with Crippen molar-refractivity contribution in [3.63, 3.8) is 0 Å². The Morgan fingerprint density at radius 1 is 1.06 bits per heavy atom. The average molecular weight is 497 g/mol. The summed E-state index contributed by atoms with van der Waals surface area (Å²) in [5.74, 6) is -1.73. The first kappa shape index (κ1) is 27.2. The van der Waals surface area contributed by atoms with Gasteiger partial charge in [-0.3, -0.25) is 4.79 Å². The minimum Gasteiger partial charge on any atom is -0.390 e. The Balaban J connectivity index is 1.69. The van der Waals surface area contributed by atoms with Gasteiger partial charge < -0.3 is 35.7 Å². The summed E-state index contributed by atoms with van der Waals surface area (Å²) in [5.41, 5.74) is -5.21. The molecule has 0 heterocycles. The Bertz CT molecular complexity index is 892. The highest BCUT2D eigenvalue weighted by molar-refractivity contribution is 5.95. The second-order valence-electron chi connectivity index (χ2n) is 13.2. The standard InChI is InChI=1S/C27H44O8/c1-23(2,33)9-8-20(30)26(5,34)19-7-11-27(35)15-12-17(28)16-13-18(29)21(31)22(32)25(16,4)14(15)6-10-24(19,27)3/h12,14,16,18-22,29-35H,6-11,13H2,1-5H3/t14-,16+,18-,19-,20+,21-,22+,24+,25+,26+,27+/m0/s1. The van der Waals surface area contributed by atoms with Gasteiger partial charge in [-0.1, -0.05) is 13.8 Å². The normalized spacial score (nSPS) is 48.3.